The number of aliphatic imine (C=N–C) groups is 1. The van der Waals surface area contributed by atoms with Crippen molar-refractivity contribution < 1.29 is 4.79 Å². The highest BCUT2D eigenvalue weighted by Crippen LogP contribution is 2.36. The SMILES string of the molecule is O=C1NC(=NCc2ccccc2)C(c2ccsc2)N1c1ccc(Cl)c(Cl)c1. The summed E-state index contributed by atoms with van der Waals surface area (Å²) < 4.78 is 0. The molecule has 27 heavy (non-hydrogen) atoms. The number of benzene rings is 2. The van der Waals surface area contributed by atoms with Crippen LogP contribution in [0.1, 0.15) is 17.2 Å². The molecule has 136 valence electrons. The number of urea groups is 1. The van der Waals surface area contributed by atoms with E-state index >= 15 is 0 Å². The number of amides is 2. The van der Waals surface area contributed by atoms with Crippen molar-refractivity contribution in [3.05, 3.63) is 86.5 Å². The van der Waals surface area contributed by atoms with Crippen molar-refractivity contribution in [2.24, 2.45) is 4.99 Å². The highest BCUT2D eigenvalue weighted by atomic mass is 35.5. The summed E-state index contributed by atoms with van der Waals surface area (Å²) in [7, 11) is 0. The molecule has 3 aromatic rings. The molecule has 1 aliphatic heterocycles. The third-order valence-electron chi connectivity index (χ3n) is 4.29. The van der Waals surface area contributed by atoms with Gasteiger partial charge in [0.2, 0.25) is 0 Å². The van der Waals surface area contributed by atoms with Gasteiger partial charge in [0, 0.05) is 5.69 Å². The van der Waals surface area contributed by atoms with Crippen LogP contribution in [0.3, 0.4) is 0 Å². The molecular formula is C20H15Cl2N3OS. The van der Waals surface area contributed by atoms with Gasteiger partial charge in [-0.05, 0) is 46.2 Å². The van der Waals surface area contributed by atoms with Gasteiger partial charge in [-0.3, -0.25) is 15.2 Å². The number of hydrogen-bond donors (Lipinski definition) is 1. The van der Waals surface area contributed by atoms with Crippen LogP contribution in [0.15, 0.2) is 70.3 Å². The van der Waals surface area contributed by atoms with E-state index in [1.165, 1.54) is 0 Å². The van der Waals surface area contributed by atoms with Crippen LogP contribution in [0.25, 0.3) is 0 Å². The normalized spacial score (nSPS) is 18.1. The van der Waals surface area contributed by atoms with Crippen LogP contribution >= 0.6 is 34.5 Å². The minimum absolute atomic E-state index is 0.239. The van der Waals surface area contributed by atoms with E-state index in [0.29, 0.717) is 28.1 Å². The van der Waals surface area contributed by atoms with Crippen LogP contribution in [0, 0.1) is 0 Å². The summed E-state index contributed by atoms with van der Waals surface area (Å²) in [6, 6.07) is 16.5. The molecular weight excluding hydrogens is 401 g/mol. The fourth-order valence-corrected chi connectivity index (χ4v) is 3.97. The second-order valence-corrected chi connectivity index (χ2v) is 7.64. The molecule has 1 unspecified atom stereocenters. The molecule has 0 bridgehead atoms. The first kappa shape index (κ1) is 18.0. The lowest BCUT2D eigenvalue weighted by molar-refractivity contribution is 0.252. The molecule has 0 aliphatic carbocycles. The number of hydrogen-bond acceptors (Lipinski definition) is 3. The van der Waals surface area contributed by atoms with Crippen molar-refractivity contribution in [1.29, 1.82) is 0 Å². The van der Waals surface area contributed by atoms with Gasteiger partial charge >= 0.3 is 6.03 Å². The molecule has 2 amide bonds. The molecule has 1 atom stereocenters. The minimum atomic E-state index is -0.329. The van der Waals surface area contributed by atoms with Crippen LogP contribution in [0.2, 0.25) is 10.0 Å². The summed E-state index contributed by atoms with van der Waals surface area (Å²) in [5.41, 5.74) is 2.75. The van der Waals surface area contributed by atoms with Crippen molar-refractivity contribution in [3.63, 3.8) is 0 Å². The molecule has 2 heterocycles. The number of anilines is 1. The summed E-state index contributed by atoms with van der Waals surface area (Å²) in [5.74, 6) is 0.619. The maximum absolute atomic E-state index is 12.8. The van der Waals surface area contributed by atoms with Gasteiger partial charge in [-0.25, -0.2) is 4.79 Å². The van der Waals surface area contributed by atoms with Gasteiger partial charge in [-0.2, -0.15) is 11.3 Å². The van der Waals surface area contributed by atoms with E-state index in [-0.39, 0.29) is 12.1 Å². The highest BCUT2D eigenvalue weighted by Gasteiger charge is 2.39. The predicted octanol–water partition coefficient (Wildman–Crippen LogP) is 5.92. The van der Waals surface area contributed by atoms with Gasteiger partial charge in [0.1, 0.15) is 11.9 Å². The number of carbonyl (C=O) groups is 1. The number of amidine groups is 1. The number of rotatable bonds is 4. The van der Waals surface area contributed by atoms with Crippen molar-refractivity contribution in [2.75, 3.05) is 4.90 Å². The number of nitrogens with one attached hydrogen (secondary N) is 1. The van der Waals surface area contributed by atoms with Crippen molar-refractivity contribution >= 4 is 52.1 Å². The quantitative estimate of drug-likeness (QED) is 0.563. The van der Waals surface area contributed by atoms with Crippen molar-refractivity contribution in [3.8, 4) is 0 Å². The van der Waals surface area contributed by atoms with Crippen LogP contribution in [0.4, 0.5) is 10.5 Å². The smallest absolute Gasteiger partial charge is 0.294 e. The first-order valence-electron chi connectivity index (χ1n) is 8.29. The molecule has 0 spiro atoms. The molecule has 2 aromatic carbocycles. The third-order valence-corrected chi connectivity index (χ3v) is 5.73. The maximum Gasteiger partial charge on any atom is 0.328 e. The lowest BCUT2D eigenvalue weighted by Gasteiger charge is -2.23. The molecule has 0 saturated carbocycles. The molecule has 4 nitrogen and oxygen atoms in total. The summed E-state index contributed by atoms with van der Waals surface area (Å²) in [6.07, 6.45) is 0. The van der Waals surface area contributed by atoms with Gasteiger partial charge in [0.25, 0.3) is 0 Å². The molecule has 1 aromatic heterocycles. The molecule has 1 saturated heterocycles. The summed E-state index contributed by atoms with van der Waals surface area (Å²) in [6.45, 7) is 0.492. The minimum Gasteiger partial charge on any atom is -0.294 e. The average Bonchev–Trinajstić information content (AvgIpc) is 3.30. The predicted molar refractivity (Wildman–Crippen MR) is 112 cm³/mol. The zero-order chi connectivity index (χ0) is 18.8. The zero-order valence-corrected chi connectivity index (χ0v) is 16.4. The Bertz CT molecular complexity index is 990. The number of nitrogens with zero attached hydrogens (tertiary/aromatic N) is 2. The Hall–Kier alpha value is -2.34. The number of halogens is 2. The Morgan fingerprint density at radius 3 is 2.59 bits per heavy atom. The zero-order valence-electron chi connectivity index (χ0n) is 14.1. The molecule has 1 fully saturated rings. The average molecular weight is 416 g/mol. The second-order valence-electron chi connectivity index (χ2n) is 6.04. The first-order chi connectivity index (χ1) is 13.1. The lowest BCUT2D eigenvalue weighted by Crippen LogP contribution is -2.29. The van der Waals surface area contributed by atoms with Gasteiger partial charge in [0.15, 0.2) is 0 Å². The largest absolute Gasteiger partial charge is 0.328 e. The Morgan fingerprint density at radius 2 is 1.89 bits per heavy atom. The molecule has 0 radical (unpaired) electrons. The van der Waals surface area contributed by atoms with Gasteiger partial charge in [-0.15, -0.1) is 0 Å². The molecule has 4 rings (SSSR count). The van der Waals surface area contributed by atoms with Crippen LogP contribution < -0.4 is 10.2 Å². The second kappa shape index (κ2) is 7.72. The molecule has 7 heteroatoms. The Kier molecular flexibility index (Phi) is 5.16. The third kappa shape index (κ3) is 3.72. The topological polar surface area (TPSA) is 44.7 Å². The fraction of sp³-hybridized carbons (Fsp3) is 0.100. The van der Waals surface area contributed by atoms with Crippen molar-refractivity contribution in [1.82, 2.24) is 5.32 Å². The first-order valence-corrected chi connectivity index (χ1v) is 9.99. The van der Waals surface area contributed by atoms with Gasteiger partial charge in [-0.1, -0.05) is 53.5 Å². The van der Waals surface area contributed by atoms with Crippen molar-refractivity contribution in [2.45, 2.75) is 12.6 Å². The summed E-state index contributed by atoms with van der Waals surface area (Å²) >= 11 is 13.8. The van der Waals surface area contributed by atoms with Crippen LogP contribution in [-0.4, -0.2) is 11.9 Å². The Balaban J connectivity index is 1.72. The number of carbonyl (C=O) groups excluding carboxylic acids is 1. The van der Waals surface area contributed by atoms with E-state index in [9.17, 15) is 4.79 Å². The molecule has 1 aliphatic rings. The molecule has 1 N–H and O–H groups in total. The summed E-state index contributed by atoms with van der Waals surface area (Å²) in [5, 5.41) is 7.77. The van der Waals surface area contributed by atoms with E-state index in [0.717, 1.165) is 11.1 Å². The Labute approximate surface area is 171 Å². The van der Waals surface area contributed by atoms with E-state index in [1.807, 2.05) is 47.2 Å². The van der Waals surface area contributed by atoms with E-state index in [1.54, 1.807) is 34.4 Å². The van der Waals surface area contributed by atoms with E-state index in [4.69, 9.17) is 23.2 Å². The highest BCUT2D eigenvalue weighted by molar-refractivity contribution is 7.08. The fourth-order valence-electron chi connectivity index (χ4n) is 3.00. The standard InChI is InChI=1S/C20H15Cl2N3OS/c21-16-7-6-15(10-17(16)22)25-18(14-8-9-27-12-14)19(24-20(25)26)23-11-13-4-2-1-3-5-13/h1-10,12,18H,11H2,(H,23,24,26). The Morgan fingerprint density at radius 1 is 1.07 bits per heavy atom. The van der Waals surface area contributed by atoms with Crippen LogP contribution in [-0.2, 0) is 6.54 Å². The van der Waals surface area contributed by atoms with E-state index < -0.39 is 0 Å². The number of thiophene rings is 1. The monoisotopic (exact) mass is 415 g/mol. The lowest BCUT2D eigenvalue weighted by atomic mass is 10.1. The maximum atomic E-state index is 12.8. The van der Waals surface area contributed by atoms with Gasteiger partial charge in [0.05, 0.1) is 16.6 Å². The van der Waals surface area contributed by atoms with E-state index in [2.05, 4.69) is 10.3 Å². The summed E-state index contributed by atoms with van der Waals surface area (Å²) in [4.78, 5) is 19.1. The van der Waals surface area contributed by atoms with Gasteiger partial charge < -0.3 is 0 Å². The van der Waals surface area contributed by atoms with Crippen LogP contribution in [0.5, 0.6) is 0 Å².